The number of hydrogen-bond acceptors (Lipinski definition) is 4. The summed E-state index contributed by atoms with van der Waals surface area (Å²) in [4.78, 5) is 25.6. The Bertz CT molecular complexity index is 760. The number of rotatable bonds is 8. The Morgan fingerprint density at radius 2 is 1.69 bits per heavy atom. The van der Waals surface area contributed by atoms with Crippen LogP contribution in [0.25, 0.3) is 0 Å². The lowest BCUT2D eigenvalue weighted by atomic mass is 10.1. The van der Waals surface area contributed by atoms with Crippen LogP contribution in [0.2, 0.25) is 0 Å². The van der Waals surface area contributed by atoms with Gasteiger partial charge in [0.2, 0.25) is 5.91 Å². The zero-order chi connectivity index (χ0) is 19.1. The lowest BCUT2D eigenvalue weighted by Gasteiger charge is -2.27. The topological polar surface area (TPSA) is 76.1 Å². The second-order valence-corrected chi connectivity index (χ2v) is 5.80. The molecule has 0 saturated carbocycles. The van der Waals surface area contributed by atoms with Crippen molar-refractivity contribution >= 4 is 17.6 Å². The standard InChI is InChI=1S/C20H23NO5/c1-14(20(23)24)21(16-10-11-17(25-2)18(13-16)26-3)19(22)12-9-15-7-5-4-6-8-15/h4-8,10-11,13-14H,9,12H2,1-3H3,(H,23,24)/t14-/m0/s1. The van der Waals surface area contributed by atoms with E-state index in [1.54, 1.807) is 18.2 Å². The summed E-state index contributed by atoms with van der Waals surface area (Å²) in [6.07, 6.45) is 0.742. The van der Waals surface area contributed by atoms with Gasteiger partial charge in [0.25, 0.3) is 0 Å². The monoisotopic (exact) mass is 357 g/mol. The van der Waals surface area contributed by atoms with Gasteiger partial charge in [0.15, 0.2) is 11.5 Å². The minimum atomic E-state index is -1.08. The number of benzene rings is 2. The van der Waals surface area contributed by atoms with Crippen LogP contribution in [-0.4, -0.2) is 37.2 Å². The van der Waals surface area contributed by atoms with Gasteiger partial charge in [-0.2, -0.15) is 0 Å². The Morgan fingerprint density at radius 3 is 2.27 bits per heavy atom. The molecule has 0 radical (unpaired) electrons. The van der Waals surface area contributed by atoms with E-state index in [0.29, 0.717) is 23.6 Å². The van der Waals surface area contributed by atoms with Gasteiger partial charge in [-0.05, 0) is 31.0 Å². The summed E-state index contributed by atoms with van der Waals surface area (Å²) < 4.78 is 10.5. The first-order chi connectivity index (χ1) is 12.5. The molecular weight excluding hydrogens is 334 g/mol. The Hall–Kier alpha value is -3.02. The molecule has 2 aromatic rings. The zero-order valence-electron chi connectivity index (χ0n) is 15.1. The molecule has 0 aliphatic heterocycles. The molecule has 0 bridgehead atoms. The number of carbonyl (C=O) groups is 2. The summed E-state index contributed by atoms with van der Waals surface area (Å²) >= 11 is 0. The average molecular weight is 357 g/mol. The number of anilines is 1. The number of carboxylic acids is 1. The van der Waals surface area contributed by atoms with Crippen LogP contribution in [0.4, 0.5) is 5.69 Å². The normalized spacial score (nSPS) is 11.5. The maximum absolute atomic E-state index is 12.8. The second-order valence-electron chi connectivity index (χ2n) is 5.80. The van der Waals surface area contributed by atoms with Gasteiger partial charge in [0, 0.05) is 18.2 Å². The van der Waals surface area contributed by atoms with Gasteiger partial charge in [0.05, 0.1) is 14.2 Å². The fourth-order valence-corrected chi connectivity index (χ4v) is 2.69. The van der Waals surface area contributed by atoms with Gasteiger partial charge in [-0.1, -0.05) is 30.3 Å². The molecule has 2 aromatic carbocycles. The molecule has 0 unspecified atom stereocenters. The molecule has 2 rings (SSSR count). The highest BCUT2D eigenvalue weighted by molar-refractivity contribution is 5.99. The van der Waals surface area contributed by atoms with Crippen molar-refractivity contribution in [2.24, 2.45) is 0 Å². The van der Waals surface area contributed by atoms with Crippen LogP contribution >= 0.6 is 0 Å². The van der Waals surface area contributed by atoms with Gasteiger partial charge in [-0.15, -0.1) is 0 Å². The highest BCUT2D eigenvalue weighted by Gasteiger charge is 2.27. The van der Waals surface area contributed by atoms with Crippen molar-refractivity contribution in [3.63, 3.8) is 0 Å². The number of amides is 1. The van der Waals surface area contributed by atoms with Crippen molar-refractivity contribution in [2.75, 3.05) is 19.1 Å². The molecule has 0 aliphatic rings. The summed E-state index contributed by atoms with van der Waals surface area (Å²) in [5, 5.41) is 9.43. The SMILES string of the molecule is COc1ccc(N(C(=O)CCc2ccccc2)[C@@H](C)C(=O)O)cc1OC. The highest BCUT2D eigenvalue weighted by Crippen LogP contribution is 2.32. The lowest BCUT2D eigenvalue weighted by Crippen LogP contribution is -2.43. The number of aryl methyl sites for hydroxylation is 1. The number of carbonyl (C=O) groups excluding carboxylic acids is 1. The van der Waals surface area contributed by atoms with E-state index in [9.17, 15) is 14.7 Å². The summed E-state index contributed by atoms with van der Waals surface area (Å²) in [5.74, 6) is -0.400. The molecule has 1 amide bonds. The molecule has 6 heteroatoms. The highest BCUT2D eigenvalue weighted by atomic mass is 16.5. The van der Waals surface area contributed by atoms with E-state index in [0.717, 1.165) is 5.56 Å². The van der Waals surface area contributed by atoms with Crippen molar-refractivity contribution < 1.29 is 24.2 Å². The molecule has 138 valence electrons. The molecule has 26 heavy (non-hydrogen) atoms. The minimum Gasteiger partial charge on any atom is -0.493 e. The minimum absolute atomic E-state index is 0.204. The van der Waals surface area contributed by atoms with Gasteiger partial charge >= 0.3 is 5.97 Å². The Labute approximate surface area is 153 Å². The molecule has 0 heterocycles. The van der Waals surface area contributed by atoms with E-state index >= 15 is 0 Å². The largest absolute Gasteiger partial charge is 0.493 e. The molecule has 0 saturated heterocycles. The number of nitrogens with zero attached hydrogens (tertiary/aromatic N) is 1. The maximum atomic E-state index is 12.8. The first-order valence-electron chi connectivity index (χ1n) is 8.28. The van der Waals surface area contributed by atoms with E-state index in [1.165, 1.54) is 26.0 Å². The van der Waals surface area contributed by atoms with E-state index in [2.05, 4.69) is 0 Å². The quantitative estimate of drug-likeness (QED) is 0.785. The fourth-order valence-electron chi connectivity index (χ4n) is 2.69. The second kappa shape index (κ2) is 8.89. The average Bonchev–Trinajstić information content (AvgIpc) is 2.67. The first-order valence-corrected chi connectivity index (χ1v) is 8.28. The van der Waals surface area contributed by atoms with Crippen molar-refractivity contribution in [1.82, 2.24) is 0 Å². The summed E-state index contributed by atoms with van der Waals surface area (Å²) in [7, 11) is 3.00. The number of ether oxygens (including phenoxy) is 2. The molecule has 0 fully saturated rings. The van der Waals surface area contributed by atoms with Crippen LogP contribution in [0.5, 0.6) is 11.5 Å². The maximum Gasteiger partial charge on any atom is 0.326 e. The predicted octanol–water partition coefficient (Wildman–Crippen LogP) is 3.14. The van der Waals surface area contributed by atoms with Crippen LogP contribution in [0.3, 0.4) is 0 Å². The van der Waals surface area contributed by atoms with E-state index in [-0.39, 0.29) is 12.3 Å². The molecule has 6 nitrogen and oxygen atoms in total. The molecule has 0 spiro atoms. The van der Waals surface area contributed by atoms with Crippen molar-refractivity contribution in [3.05, 3.63) is 54.1 Å². The van der Waals surface area contributed by atoms with E-state index in [1.807, 2.05) is 30.3 Å². The smallest absolute Gasteiger partial charge is 0.326 e. The predicted molar refractivity (Wildman–Crippen MR) is 98.9 cm³/mol. The first kappa shape index (κ1) is 19.3. The van der Waals surface area contributed by atoms with Crippen LogP contribution in [-0.2, 0) is 16.0 Å². The lowest BCUT2D eigenvalue weighted by molar-refractivity contribution is -0.139. The fraction of sp³-hybridized carbons (Fsp3) is 0.300. The van der Waals surface area contributed by atoms with Crippen LogP contribution in [0.15, 0.2) is 48.5 Å². The Kier molecular flexibility index (Phi) is 6.60. The van der Waals surface area contributed by atoms with E-state index < -0.39 is 12.0 Å². The van der Waals surface area contributed by atoms with Gasteiger partial charge in [-0.3, -0.25) is 9.69 Å². The Balaban J connectivity index is 2.28. The molecule has 0 aliphatic carbocycles. The number of aliphatic carboxylic acids is 1. The van der Waals surface area contributed by atoms with Gasteiger partial charge in [-0.25, -0.2) is 4.79 Å². The van der Waals surface area contributed by atoms with Crippen LogP contribution < -0.4 is 14.4 Å². The van der Waals surface area contributed by atoms with E-state index in [4.69, 9.17) is 9.47 Å². The zero-order valence-corrected chi connectivity index (χ0v) is 15.1. The number of carboxylic acid groups (broad SMARTS) is 1. The molecular formula is C20H23NO5. The van der Waals surface area contributed by atoms with Gasteiger partial charge < -0.3 is 14.6 Å². The summed E-state index contributed by atoms with van der Waals surface area (Å²) in [6, 6.07) is 13.5. The summed E-state index contributed by atoms with van der Waals surface area (Å²) in [6.45, 7) is 1.49. The third-order valence-electron chi connectivity index (χ3n) is 4.13. The van der Waals surface area contributed by atoms with Crippen molar-refractivity contribution in [2.45, 2.75) is 25.8 Å². The Morgan fingerprint density at radius 1 is 1.04 bits per heavy atom. The molecule has 0 aromatic heterocycles. The summed E-state index contributed by atoms with van der Waals surface area (Å²) in [5.41, 5.74) is 1.48. The molecule has 1 N–H and O–H groups in total. The van der Waals surface area contributed by atoms with Crippen LogP contribution in [0, 0.1) is 0 Å². The van der Waals surface area contributed by atoms with Crippen LogP contribution in [0.1, 0.15) is 18.9 Å². The van der Waals surface area contributed by atoms with Gasteiger partial charge in [0.1, 0.15) is 6.04 Å². The van der Waals surface area contributed by atoms with Crippen molar-refractivity contribution in [1.29, 1.82) is 0 Å². The number of hydrogen-bond donors (Lipinski definition) is 1. The third kappa shape index (κ3) is 4.53. The third-order valence-corrected chi connectivity index (χ3v) is 4.13. The molecule has 1 atom stereocenters. The number of methoxy groups -OCH3 is 2. The van der Waals surface area contributed by atoms with Crippen molar-refractivity contribution in [3.8, 4) is 11.5 Å².